The number of rotatable bonds is 12. The smallest absolute Gasteiger partial charge is 0.224 e. The number of ether oxygens (including phenoxy) is 5. The minimum atomic E-state index is -0.0831. The van der Waals surface area contributed by atoms with Gasteiger partial charge in [0.05, 0.1) is 41.0 Å². The van der Waals surface area contributed by atoms with Crippen molar-refractivity contribution in [2.45, 2.75) is 26.7 Å². The van der Waals surface area contributed by atoms with Gasteiger partial charge in [-0.3, -0.25) is 4.79 Å². The summed E-state index contributed by atoms with van der Waals surface area (Å²) in [4.78, 5) is 12.4. The van der Waals surface area contributed by atoms with Crippen molar-refractivity contribution in [1.82, 2.24) is 5.32 Å². The summed E-state index contributed by atoms with van der Waals surface area (Å²) in [5.41, 5.74) is 1.84. The molecule has 1 N–H and O–H groups in total. The fourth-order valence-corrected chi connectivity index (χ4v) is 3.08. The number of amides is 1. The molecule has 0 bridgehead atoms. The van der Waals surface area contributed by atoms with E-state index >= 15 is 0 Å². The van der Waals surface area contributed by atoms with Gasteiger partial charge in [-0.1, -0.05) is 6.07 Å². The highest BCUT2D eigenvalue weighted by Crippen LogP contribution is 2.38. The van der Waals surface area contributed by atoms with Crippen LogP contribution in [0, 0.1) is 0 Å². The summed E-state index contributed by atoms with van der Waals surface area (Å²) in [6, 6.07) is 9.41. The van der Waals surface area contributed by atoms with Crippen molar-refractivity contribution in [3.63, 3.8) is 0 Å². The van der Waals surface area contributed by atoms with Crippen LogP contribution in [0.2, 0.25) is 0 Å². The topological polar surface area (TPSA) is 75.3 Å². The second-order valence-electron chi connectivity index (χ2n) is 6.46. The molecule has 0 aliphatic carbocycles. The summed E-state index contributed by atoms with van der Waals surface area (Å²) in [7, 11) is 4.65. The molecule has 0 spiro atoms. The van der Waals surface area contributed by atoms with Crippen molar-refractivity contribution < 1.29 is 28.5 Å². The monoisotopic (exact) mass is 417 g/mol. The Balaban J connectivity index is 1.96. The molecule has 0 heterocycles. The lowest BCUT2D eigenvalue weighted by Gasteiger charge is -2.14. The SMILES string of the molecule is CCOc1ccc(CCNC(=O)Cc2cc(OC)c(OC)c(OC)c2)cc1OCC. The molecular formula is C23H31NO6. The van der Waals surface area contributed by atoms with Gasteiger partial charge in [0.25, 0.3) is 0 Å². The Morgan fingerprint density at radius 1 is 0.800 bits per heavy atom. The van der Waals surface area contributed by atoms with Crippen LogP contribution in [0.3, 0.4) is 0 Å². The molecule has 2 aromatic carbocycles. The number of hydrogen-bond donors (Lipinski definition) is 1. The summed E-state index contributed by atoms with van der Waals surface area (Å²) in [5.74, 6) is 2.93. The summed E-state index contributed by atoms with van der Waals surface area (Å²) in [5, 5.41) is 2.95. The van der Waals surface area contributed by atoms with Gasteiger partial charge in [0.2, 0.25) is 11.7 Å². The molecule has 0 aliphatic heterocycles. The highest BCUT2D eigenvalue weighted by Gasteiger charge is 2.15. The van der Waals surface area contributed by atoms with Crippen LogP contribution in [0.4, 0.5) is 0 Å². The minimum absolute atomic E-state index is 0.0831. The molecule has 0 unspecified atom stereocenters. The van der Waals surface area contributed by atoms with E-state index in [0.29, 0.717) is 43.4 Å². The summed E-state index contributed by atoms with van der Waals surface area (Å²) in [6.07, 6.45) is 0.900. The van der Waals surface area contributed by atoms with Crippen molar-refractivity contribution in [2.24, 2.45) is 0 Å². The van der Waals surface area contributed by atoms with Gasteiger partial charge in [0, 0.05) is 6.54 Å². The van der Waals surface area contributed by atoms with Gasteiger partial charge < -0.3 is 29.0 Å². The maximum Gasteiger partial charge on any atom is 0.224 e. The highest BCUT2D eigenvalue weighted by atomic mass is 16.5. The normalized spacial score (nSPS) is 10.3. The third-order valence-electron chi connectivity index (χ3n) is 4.43. The highest BCUT2D eigenvalue weighted by molar-refractivity contribution is 5.79. The third-order valence-corrected chi connectivity index (χ3v) is 4.43. The van der Waals surface area contributed by atoms with Crippen LogP contribution in [0.25, 0.3) is 0 Å². The standard InChI is InChI=1S/C23H31NO6/c1-6-29-18-9-8-16(12-19(18)30-7-2)10-11-24-22(25)15-17-13-20(26-3)23(28-5)21(14-17)27-4/h8-9,12-14H,6-7,10-11,15H2,1-5H3,(H,24,25). The van der Waals surface area contributed by atoms with Crippen LogP contribution < -0.4 is 29.0 Å². The van der Waals surface area contributed by atoms with Crippen molar-refractivity contribution in [1.29, 1.82) is 0 Å². The molecule has 2 rings (SSSR count). The molecule has 1 amide bonds. The number of hydrogen-bond acceptors (Lipinski definition) is 6. The fourth-order valence-electron chi connectivity index (χ4n) is 3.08. The van der Waals surface area contributed by atoms with Crippen molar-refractivity contribution >= 4 is 5.91 Å². The Bertz CT molecular complexity index is 811. The van der Waals surface area contributed by atoms with E-state index in [-0.39, 0.29) is 12.3 Å². The van der Waals surface area contributed by atoms with Gasteiger partial charge in [-0.2, -0.15) is 0 Å². The first-order valence-corrected chi connectivity index (χ1v) is 10.00. The van der Waals surface area contributed by atoms with E-state index in [9.17, 15) is 4.79 Å². The van der Waals surface area contributed by atoms with Crippen molar-refractivity contribution in [3.8, 4) is 28.7 Å². The molecule has 0 aliphatic rings. The van der Waals surface area contributed by atoms with Gasteiger partial charge in [-0.25, -0.2) is 0 Å². The Labute approximate surface area is 178 Å². The van der Waals surface area contributed by atoms with Gasteiger partial charge >= 0.3 is 0 Å². The van der Waals surface area contributed by atoms with E-state index in [4.69, 9.17) is 23.7 Å². The number of methoxy groups -OCH3 is 3. The van der Waals surface area contributed by atoms with Crippen LogP contribution in [-0.4, -0.2) is 47.0 Å². The van der Waals surface area contributed by atoms with E-state index in [2.05, 4.69) is 5.32 Å². The second-order valence-corrected chi connectivity index (χ2v) is 6.46. The van der Waals surface area contributed by atoms with Crippen LogP contribution in [0.15, 0.2) is 30.3 Å². The molecule has 0 radical (unpaired) electrons. The molecule has 30 heavy (non-hydrogen) atoms. The zero-order valence-corrected chi connectivity index (χ0v) is 18.4. The van der Waals surface area contributed by atoms with Crippen LogP contribution in [0.1, 0.15) is 25.0 Å². The first-order valence-electron chi connectivity index (χ1n) is 10.00. The third kappa shape index (κ3) is 6.20. The number of carbonyl (C=O) groups is 1. The predicted molar refractivity (Wildman–Crippen MR) is 115 cm³/mol. The van der Waals surface area contributed by atoms with Crippen molar-refractivity contribution in [3.05, 3.63) is 41.5 Å². The Kier molecular flexibility index (Phi) is 9.12. The summed E-state index contributed by atoms with van der Waals surface area (Å²) >= 11 is 0. The summed E-state index contributed by atoms with van der Waals surface area (Å²) < 4.78 is 27.2. The number of carbonyl (C=O) groups excluding carboxylic acids is 1. The molecule has 0 fully saturated rings. The van der Waals surface area contributed by atoms with E-state index in [1.807, 2.05) is 32.0 Å². The van der Waals surface area contributed by atoms with Crippen LogP contribution >= 0.6 is 0 Å². The Morgan fingerprint density at radius 3 is 1.97 bits per heavy atom. The fraction of sp³-hybridized carbons (Fsp3) is 0.435. The maximum atomic E-state index is 12.4. The van der Waals surface area contributed by atoms with Gasteiger partial charge in [0.1, 0.15) is 0 Å². The number of nitrogens with one attached hydrogen (secondary N) is 1. The second kappa shape index (κ2) is 11.8. The molecule has 7 heteroatoms. The van der Waals surface area contributed by atoms with E-state index in [1.54, 1.807) is 33.5 Å². The average molecular weight is 418 g/mol. The van der Waals surface area contributed by atoms with Crippen LogP contribution in [-0.2, 0) is 17.6 Å². The summed E-state index contributed by atoms with van der Waals surface area (Å²) in [6.45, 7) is 5.53. The molecular weight excluding hydrogens is 386 g/mol. The first-order chi connectivity index (χ1) is 14.6. The Morgan fingerprint density at radius 2 is 1.40 bits per heavy atom. The van der Waals surface area contributed by atoms with Gasteiger partial charge in [0.15, 0.2) is 23.0 Å². The minimum Gasteiger partial charge on any atom is -0.493 e. The lowest BCUT2D eigenvalue weighted by molar-refractivity contribution is -0.120. The van der Waals surface area contributed by atoms with Gasteiger partial charge in [-0.05, 0) is 55.7 Å². The largest absolute Gasteiger partial charge is 0.493 e. The Hall–Kier alpha value is -3.09. The maximum absolute atomic E-state index is 12.4. The first kappa shape index (κ1) is 23.2. The predicted octanol–water partition coefficient (Wildman–Crippen LogP) is 3.41. The molecule has 0 atom stereocenters. The lowest BCUT2D eigenvalue weighted by atomic mass is 10.1. The molecule has 0 aromatic heterocycles. The molecule has 2 aromatic rings. The van der Waals surface area contributed by atoms with E-state index in [1.165, 1.54) is 0 Å². The van der Waals surface area contributed by atoms with Crippen molar-refractivity contribution in [2.75, 3.05) is 41.1 Å². The number of benzene rings is 2. The molecule has 0 saturated heterocycles. The van der Waals surface area contributed by atoms with Gasteiger partial charge in [-0.15, -0.1) is 0 Å². The zero-order valence-electron chi connectivity index (χ0n) is 18.4. The van der Waals surface area contributed by atoms with Crippen LogP contribution in [0.5, 0.6) is 28.7 Å². The quantitative estimate of drug-likeness (QED) is 0.570. The lowest BCUT2D eigenvalue weighted by Crippen LogP contribution is -2.27. The zero-order chi connectivity index (χ0) is 21.9. The van der Waals surface area contributed by atoms with E-state index < -0.39 is 0 Å². The molecule has 7 nitrogen and oxygen atoms in total. The molecule has 164 valence electrons. The average Bonchev–Trinajstić information content (AvgIpc) is 2.75. The van der Waals surface area contributed by atoms with E-state index in [0.717, 1.165) is 22.6 Å². The molecule has 0 saturated carbocycles.